The van der Waals surface area contributed by atoms with Gasteiger partial charge in [0.05, 0.1) is 24.2 Å². The first-order valence-corrected chi connectivity index (χ1v) is 7.68. The zero-order valence-corrected chi connectivity index (χ0v) is 13.3. The van der Waals surface area contributed by atoms with Crippen LogP contribution in [0.5, 0.6) is 0 Å². The molecule has 1 saturated heterocycles. The van der Waals surface area contributed by atoms with Crippen molar-refractivity contribution in [2.75, 3.05) is 29.9 Å². The van der Waals surface area contributed by atoms with Crippen LogP contribution in [0.25, 0.3) is 11.0 Å². The molecule has 3 aromatic heterocycles. The zero-order chi connectivity index (χ0) is 16.7. The molecule has 4 rings (SSSR count). The van der Waals surface area contributed by atoms with Gasteiger partial charge in [0, 0.05) is 26.9 Å². The largest absolute Gasteiger partial charge is 0.408 e. The average Bonchev–Trinajstić information content (AvgIpc) is 3.26. The molecule has 126 valence electrons. The van der Waals surface area contributed by atoms with E-state index in [1.54, 1.807) is 13.1 Å². The lowest BCUT2D eigenvalue weighted by molar-refractivity contribution is 0.356. The van der Waals surface area contributed by atoms with E-state index in [1.165, 1.54) is 6.33 Å². The molecule has 0 saturated carbocycles. The average molecular weight is 332 g/mol. The van der Waals surface area contributed by atoms with Crippen molar-refractivity contribution >= 4 is 22.9 Å². The van der Waals surface area contributed by atoms with E-state index in [-0.39, 0.29) is 12.6 Å². The van der Waals surface area contributed by atoms with Gasteiger partial charge in [-0.15, -0.1) is 5.10 Å². The predicted octanol–water partition coefficient (Wildman–Crippen LogP) is 1.10. The topological polar surface area (TPSA) is 99.9 Å². The van der Waals surface area contributed by atoms with Gasteiger partial charge in [-0.2, -0.15) is 5.10 Å². The highest BCUT2D eigenvalue weighted by Crippen LogP contribution is 2.28. The summed E-state index contributed by atoms with van der Waals surface area (Å²) < 4.78 is 19.5. The molecule has 0 aromatic carbocycles. The number of fused-ring (bicyclic) bond motifs is 1. The van der Waals surface area contributed by atoms with Crippen LogP contribution in [0.4, 0.5) is 16.2 Å². The second kappa shape index (κ2) is 5.69. The summed E-state index contributed by atoms with van der Waals surface area (Å²) in [5, 5.41) is 15.5. The van der Waals surface area contributed by atoms with E-state index < -0.39 is 6.17 Å². The number of halogens is 1. The first-order valence-electron chi connectivity index (χ1n) is 7.68. The minimum absolute atomic E-state index is 0.0817. The standard InChI is InChI=1S/C14H17FN8O/c1-8-19-21-14(24-8)23-5-9(15)3-10(23)6-22(2)13-11-4-18-20-12(11)16-7-17-13/h4,7,9-10H,3,5-6H2,1-2H3,(H,16,17,18,20)/t9-,10-/m0/s1. The highest BCUT2D eigenvalue weighted by atomic mass is 19.1. The van der Waals surface area contributed by atoms with Gasteiger partial charge in [0.1, 0.15) is 18.3 Å². The molecule has 24 heavy (non-hydrogen) atoms. The maximum atomic E-state index is 14.0. The van der Waals surface area contributed by atoms with Crippen LogP contribution in [-0.2, 0) is 0 Å². The van der Waals surface area contributed by atoms with Crippen LogP contribution in [0.2, 0.25) is 0 Å². The summed E-state index contributed by atoms with van der Waals surface area (Å²) in [7, 11) is 1.91. The molecule has 10 heteroatoms. The molecule has 0 unspecified atom stereocenters. The summed E-state index contributed by atoms with van der Waals surface area (Å²) in [6, 6.07) is 0.281. The number of likely N-dealkylation sites (N-methyl/N-ethyl adjacent to an activating group) is 1. The van der Waals surface area contributed by atoms with E-state index in [0.717, 1.165) is 11.2 Å². The number of nitrogens with zero attached hydrogens (tertiary/aromatic N) is 7. The lowest BCUT2D eigenvalue weighted by atomic mass is 10.2. The van der Waals surface area contributed by atoms with E-state index >= 15 is 0 Å². The number of aryl methyl sites for hydroxylation is 1. The number of H-pyrrole nitrogens is 1. The van der Waals surface area contributed by atoms with Crippen LogP contribution in [0.3, 0.4) is 0 Å². The monoisotopic (exact) mass is 332 g/mol. The van der Waals surface area contributed by atoms with Crippen LogP contribution >= 0.6 is 0 Å². The van der Waals surface area contributed by atoms with Crippen LogP contribution in [0.1, 0.15) is 12.3 Å². The molecular weight excluding hydrogens is 315 g/mol. The fourth-order valence-corrected chi connectivity index (χ4v) is 3.13. The van der Waals surface area contributed by atoms with Gasteiger partial charge in [0.15, 0.2) is 5.65 Å². The quantitative estimate of drug-likeness (QED) is 0.758. The number of aromatic amines is 1. The van der Waals surface area contributed by atoms with E-state index in [9.17, 15) is 4.39 Å². The van der Waals surface area contributed by atoms with E-state index in [2.05, 4.69) is 30.4 Å². The van der Waals surface area contributed by atoms with Gasteiger partial charge in [0.2, 0.25) is 5.89 Å². The highest BCUT2D eigenvalue weighted by molar-refractivity contribution is 5.85. The Morgan fingerprint density at radius 1 is 1.42 bits per heavy atom. The Bertz CT molecular complexity index is 848. The van der Waals surface area contributed by atoms with E-state index in [0.29, 0.717) is 30.5 Å². The smallest absolute Gasteiger partial charge is 0.318 e. The molecule has 2 atom stereocenters. The molecule has 3 aromatic rings. The molecule has 0 bridgehead atoms. The van der Waals surface area contributed by atoms with Gasteiger partial charge in [-0.05, 0) is 0 Å². The molecule has 1 fully saturated rings. The Kier molecular flexibility index (Phi) is 3.51. The SMILES string of the molecule is Cc1nnc(N2C[C@@H](F)C[C@H]2CN(C)c2ncnc3[nH]ncc23)o1. The summed E-state index contributed by atoms with van der Waals surface area (Å²) in [6.45, 7) is 2.54. The second-order valence-corrected chi connectivity index (χ2v) is 5.95. The van der Waals surface area contributed by atoms with Crippen LogP contribution < -0.4 is 9.80 Å². The van der Waals surface area contributed by atoms with Crippen molar-refractivity contribution < 1.29 is 8.81 Å². The molecule has 0 radical (unpaired) electrons. The third-order valence-corrected chi connectivity index (χ3v) is 4.20. The van der Waals surface area contributed by atoms with Gasteiger partial charge < -0.3 is 14.2 Å². The minimum atomic E-state index is -0.921. The molecule has 4 heterocycles. The van der Waals surface area contributed by atoms with Crippen LogP contribution in [0.15, 0.2) is 16.9 Å². The normalized spacial score (nSPS) is 20.9. The second-order valence-electron chi connectivity index (χ2n) is 5.95. The molecule has 1 aliphatic rings. The van der Waals surface area contributed by atoms with Crippen molar-refractivity contribution in [1.82, 2.24) is 30.4 Å². The van der Waals surface area contributed by atoms with Crippen molar-refractivity contribution in [2.45, 2.75) is 25.6 Å². The Morgan fingerprint density at radius 2 is 2.29 bits per heavy atom. The maximum absolute atomic E-state index is 14.0. The predicted molar refractivity (Wildman–Crippen MR) is 84.6 cm³/mol. The highest BCUT2D eigenvalue weighted by Gasteiger charge is 2.36. The molecule has 0 amide bonds. The van der Waals surface area contributed by atoms with Crippen molar-refractivity contribution in [1.29, 1.82) is 0 Å². The summed E-state index contributed by atoms with van der Waals surface area (Å²) in [6.07, 6.45) is 2.66. The lowest BCUT2D eigenvalue weighted by Gasteiger charge is -2.27. The van der Waals surface area contributed by atoms with Crippen molar-refractivity contribution in [2.24, 2.45) is 0 Å². The van der Waals surface area contributed by atoms with Gasteiger partial charge >= 0.3 is 6.01 Å². The Labute approximate surface area is 136 Å². The Morgan fingerprint density at radius 3 is 3.08 bits per heavy atom. The van der Waals surface area contributed by atoms with Gasteiger partial charge in [-0.25, -0.2) is 14.4 Å². The van der Waals surface area contributed by atoms with E-state index in [1.807, 2.05) is 16.8 Å². The van der Waals surface area contributed by atoms with Crippen LogP contribution in [-0.4, -0.2) is 62.7 Å². The Hall–Kier alpha value is -2.78. The number of rotatable bonds is 4. The maximum Gasteiger partial charge on any atom is 0.318 e. The summed E-state index contributed by atoms with van der Waals surface area (Å²) in [4.78, 5) is 12.3. The van der Waals surface area contributed by atoms with Gasteiger partial charge in [-0.1, -0.05) is 5.10 Å². The fraction of sp³-hybridized carbons (Fsp3) is 0.500. The first-order chi connectivity index (χ1) is 11.6. The molecule has 1 N–H and O–H groups in total. The molecule has 9 nitrogen and oxygen atoms in total. The van der Waals surface area contributed by atoms with Gasteiger partial charge in [0.25, 0.3) is 0 Å². The zero-order valence-electron chi connectivity index (χ0n) is 13.3. The fourth-order valence-electron chi connectivity index (χ4n) is 3.13. The Balaban J connectivity index is 1.58. The van der Waals surface area contributed by atoms with Crippen molar-refractivity contribution in [3.63, 3.8) is 0 Å². The number of hydrogen-bond donors (Lipinski definition) is 1. The number of aromatic nitrogens is 6. The third kappa shape index (κ3) is 2.53. The van der Waals surface area contributed by atoms with Crippen molar-refractivity contribution in [3.05, 3.63) is 18.4 Å². The summed E-state index contributed by atoms with van der Waals surface area (Å²) in [5.41, 5.74) is 0.672. The first kappa shape index (κ1) is 14.8. The summed E-state index contributed by atoms with van der Waals surface area (Å²) >= 11 is 0. The molecule has 0 aliphatic carbocycles. The number of alkyl halides is 1. The molecule has 1 aliphatic heterocycles. The number of hydrogen-bond acceptors (Lipinski definition) is 8. The third-order valence-electron chi connectivity index (χ3n) is 4.20. The molecule has 0 spiro atoms. The van der Waals surface area contributed by atoms with E-state index in [4.69, 9.17) is 4.42 Å². The molecular formula is C14H17FN8O. The number of anilines is 2. The van der Waals surface area contributed by atoms with Gasteiger partial charge in [-0.3, -0.25) is 5.10 Å². The van der Waals surface area contributed by atoms with Crippen molar-refractivity contribution in [3.8, 4) is 0 Å². The number of nitrogens with one attached hydrogen (secondary N) is 1. The van der Waals surface area contributed by atoms with Crippen LogP contribution in [0, 0.1) is 6.92 Å². The lowest BCUT2D eigenvalue weighted by Crippen LogP contribution is -2.39. The minimum Gasteiger partial charge on any atom is -0.408 e. The summed E-state index contributed by atoms with van der Waals surface area (Å²) in [5.74, 6) is 1.22.